The van der Waals surface area contributed by atoms with E-state index in [1.807, 2.05) is 38.1 Å². The number of hydrogen-bond donors (Lipinski definition) is 2. The number of carbonyl (C=O) groups is 1. The monoisotopic (exact) mass is 278 g/mol. The molecule has 0 aliphatic rings. The largest absolute Gasteiger partial charge is 0.483 e. The van der Waals surface area contributed by atoms with Gasteiger partial charge in [0.15, 0.2) is 6.61 Å². The van der Waals surface area contributed by atoms with Crippen LogP contribution in [0.5, 0.6) is 5.75 Å². The standard InChI is InChI=1S/C16H26N2O2/c1-12(2)9-17-10-14-7-5-6-8-15(14)20-11-16(19)18-13(3)4/h5-8,12-13,17H,9-11H2,1-4H3,(H,18,19). The van der Waals surface area contributed by atoms with E-state index in [1.54, 1.807) is 0 Å². The van der Waals surface area contributed by atoms with Crippen molar-refractivity contribution in [1.29, 1.82) is 0 Å². The van der Waals surface area contributed by atoms with E-state index < -0.39 is 0 Å². The molecule has 0 aliphatic carbocycles. The summed E-state index contributed by atoms with van der Waals surface area (Å²) in [5, 5.41) is 6.19. The molecule has 1 aromatic rings. The second-order valence-corrected chi connectivity index (χ2v) is 5.64. The van der Waals surface area contributed by atoms with Crippen LogP contribution < -0.4 is 15.4 Å². The normalized spacial score (nSPS) is 10.9. The first-order valence-corrected chi connectivity index (χ1v) is 7.19. The lowest BCUT2D eigenvalue weighted by Gasteiger charge is -2.14. The third-order valence-corrected chi connectivity index (χ3v) is 2.65. The van der Waals surface area contributed by atoms with Gasteiger partial charge in [0.25, 0.3) is 5.91 Å². The van der Waals surface area contributed by atoms with Crippen molar-refractivity contribution in [3.63, 3.8) is 0 Å². The number of amides is 1. The maximum Gasteiger partial charge on any atom is 0.258 e. The number of rotatable bonds is 8. The molecule has 0 heterocycles. The van der Waals surface area contributed by atoms with Crippen molar-refractivity contribution in [1.82, 2.24) is 10.6 Å². The van der Waals surface area contributed by atoms with Gasteiger partial charge in [0.2, 0.25) is 0 Å². The van der Waals surface area contributed by atoms with E-state index in [2.05, 4.69) is 24.5 Å². The lowest BCUT2D eigenvalue weighted by molar-refractivity contribution is -0.123. The molecule has 0 spiro atoms. The first-order chi connectivity index (χ1) is 9.49. The first-order valence-electron chi connectivity index (χ1n) is 7.19. The molecule has 1 amide bonds. The topological polar surface area (TPSA) is 50.4 Å². The predicted octanol–water partition coefficient (Wildman–Crippen LogP) is 2.34. The van der Waals surface area contributed by atoms with Gasteiger partial charge < -0.3 is 15.4 Å². The average molecular weight is 278 g/mol. The van der Waals surface area contributed by atoms with Crippen molar-refractivity contribution in [2.75, 3.05) is 13.2 Å². The molecule has 0 atom stereocenters. The molecule has 2 N–H and O–H groups in total. The maximum atomic E-state index is 11.6. The summed E-state index contributed by atoms with van der Waals surface area (Å²) in [6.45, 7) is 9.97. The Labute approximate surface area is 121 Å². The molecule has 1 aromatic carbocycles. The molecule has 4 heteroatoms. The maximum absolute atomic E-state index is 11.6. The number of para-hydroxylation sites is 1. The van der Waals surface area contributed by atoms with E-state index in [4.69, 9.17) is 4.74 Å². The quantitative estimate of drug-likeness (QED) is 0.767. The Morgan fingerprint density at radius 3 is 2.55 bits per heavy atom. The summed E-state index contributed by atoms with van der Waals surface area (Å²) in [6.07, 6.45) is 0. The van der Waals surface area contributed by atoms with Crippen LogP contribution in [0.15, 0.2) is 24.3 Å². The lowest BCUT2D eigenvalue weighted by Crippen LogP contribution is -2.34. The Hall–Kier alpha value is -1.55. The fraction of sp³-hybridized carbons (Fsp3) is 0.562. The van der Waals surface area contributed by atoms with E-state index >= 15 is 0 Å². The van der Waals surface area contributed by atoms with Crippen LogP contribution in [0.25, 0.3) is 0 Å². The fourth-order valence-electron chi connectivity index (χ4n) is 1.79. The van der Waals surface area contributed by atoms with Crippen LogP contribution in [0, 0.1) is 5.92 Å². The predicted molar refractivity (Wildman–Crippen MR) is 81.8 cm³/mol. The van der Waals surface area contributed by atoms with E-state index in [-0.39, 0.29) is 18.6 Å². The molecule has 4 nitrogen and oxygen atoms in total. The van der Waals surface area contributed by atoms with E-state index in [9.17, 15) is 4.79 Å². The molecule has 20 heavy (non-hydrogen) atoms. The zero-order chi connectivity index (χ0) is 15.0. The summed E-state index contributed by atoms with van der Waals surface area (Å²) in [7, 11) is 0. The highest BCUT2D eigenvalue weighted by molar-refractivity contribution is 5.77. The van der Waals surface area contributed by atoms with Gasteiger partial charge in [-0.25, -0.2) is 0 Å². The number of benzene rings is 1. The highest BCUT2D eigenvalue weighted by Crippen LogP contribution is 2.17. The Morgan fingerprint density at radius 1 is 1.20 bits per heavy atom. The van der Waals surface area contributed by atoms with Crippen LogP contribution in [0.4, 0.5) is 0 Å². The van der Waals surface area contributed by atoms with Crippen molar-refractivity contribution < 1.29 is 9.53 Å². The number of hydrogen-bond acceptors (Lipinski definition) is 3. The van der Waals surface area contributed by atoms with E-state index in [0.29, 0.717) is 5.92 Å². The van der Waals surface area contributed by atoms with E-state index in [1.165, 1.54) is 0 Å². The second-order valence-electron chi connectivity index (χ2n) is 5.64. The van der Waals surface area contributed by atoms with Crippen LogP contribution >= 0.6 is 0 Å². The van der Waals surface area contributed by atoms with Crippen LogP contribution in [-0.2, 0) is 11.3 Å². The number of carbonyl (C=O) groups excluding carboxylic acids is 1. The number of ether oxygens (including phenoxy) is 1. The van der Waals surface area contributed by atoms with Gasteiger partial charge in [-0.2, -0.15) is 0 Å². The Balaban J connectivity index is 2.50. The summed E-state index contributed by atoms with van der Waals surface area (Å²) in [5.74, 6) is 1.28. The minimum atomic E-state index is -0.0926. The molecule has 0 unspecified atom stereocenters. The van der Waals surface area contributed by atoms with Crippen LogP contribution in [-0.4, -0.2) is 25.1 Å². The van der Waals surface area contributed by atoms with E-state index in [0.717, 1.165) is 24.4 Å². The highest BCUT2D eigenvalue weighted by atomic mass is 16.5. The van der Waals surface area contributed by atoms with Gasteiger partial charge in [-0.15, -0.1) is 0 Å². The molecule has 0 radical (unpaired) electrons. The smallest absolute Gasteiger partial charge is 0.258 e. The highest BCUT2D eigenvalue weighted by Gasteiger charge is 2.07. The third-order valence-electron chi connectivity index (χ3n) is 2.65. The van der Waals surface area contributed by atoms with Crippen molar-refractivity contribution >= 4 is 5.91 Å². The van der Waals surface area contributed by atoms with Crippen LogP contribution in [0.2, 0.25) is 0 Å². The molecule has 0 saturated carbocycles. The number of nitrogens with one attached hydrogen (secondary N) is 2. The third kappa shape index (κ3) is 6.57. The summed E-state index contributed by atoms with van der Waals surface area (Å²) >= 11 is 0. The Kier molecular flexibility index (Phi) is 7.09. The van der Waals surface area contributed by atoms with Crippen molar-refractivity contribution in [3.05, 3.63) is 29.8 Å². The lowest BCUT2D eigenvalue weighted by atomic mass is 10.2. The fourth-order valence-corrected chi connectivity index (χ4v) is 1.79. The Bertz CT molecular complexity index is 417. The van der Waals surface area contributed by atoms with Gasteiger partial charge in [-0.1, -0.05) is 32.0 Å². The zero-order valence-corrected chi connectivity index (χ0v) is 12.9. The van der Waals surface area contributed by atoms with Gasteiger partial charge in [0.1, 0.15) is 5.75 Å². The summed E-state index contributed by atoms with van der Waals surface area (Å²) in [6, 6.07) is 7.95. The molecule has 0 aliphatic heterocycles. The molecular weight excluding hydrogens is 252 g/mol. The van der Waals surface area contributed by atoms with Gasteiger partial charge in [-0.3, -0.25) is 4.79 Å². The minimum Gasteiger partial charge on any atom is -0.483 e. The van der Waals surface area contributed by atoms with Gasteiger partial charge in [0.05, 0.1) is 0 Å². The first kappa shape index (κ1) is 16.5. The average Bonchev–Trinajstić information content (AvgIpc) is 2.36. The molecular formula is C16H26N2O2. The van der Waals surface area contributed by atoms with Crippen molar-refractivity contribution in [3.8, 4) is 5.75 Å². The van der Waals surface area contributed by atoms with Gasteiger partial charge in [-0.05, 0) is 32.4 Å². The molecule has 0 aromatic heterocycles. The summed E-state index contributed by atoms with van der Waals surface area (Å²) < 4.78 is 5.61. The minimum absolute atomic E-state index is 0.0549. The van der Waals surface area contributed by atoms with Crippen LogP contribution in [0.3, 0.4) is 0 Å². The molecule has 0 saturated heterocycles. The molecule has 0 fully saturated rings. The van der Waals surface area contributed by atoms with Crippen molar-refractivity contribution in [2.24, 2.45) is 5.92 Å². The van der Waals surface area contributed by atoms with Crippen LogP contribution in [0.1, 0.15) is 33.3 Å². The zero-order valence-electron chi connectivity index (χ0n) is 12.9. The van der Waals surface area contributed by atoms with Gasteiger partial charge >= 0.3 is 0 Å². The Morgan fingerprint density at radius 2 is 1.90 bits per heavy atom. The SMILES string of the molecule is CC(C)CNCc1ccccc1OCC(=O)NC(C)C. The van der Waals surface area contributed by atoms with Gasteiger partial charge in [0, 0.05) is 18.2 Å². The summed E-state index contributed by atoms with van der Waals surface area (Å²) in [5.41, 5.74) is 1.07. The molecule has 0 bridgehead atoms. The molecule has 1 rings (SSSR count). The summed E-state index contributed by atoms with van der Waals surface area (Å²) in [4.78, 5) is 11.6. The van der Waals surface area contributed by atoms with Crippen molar-refractivity contribution in [2.45, 2.75) is 40.3 Å². The second kappa shape index (κ2) is 8.59. The molecule has 112 valence electrons.